The van der Waals surface area contributed by atoms with Crippen LogP contribution in [0.3, 0.4) is 0 Å². The maximum absolute atomic E-state index is 12.8. The van der Waals surface area contributed by atoms with Crippen molar-refractivity contribution in [2.75, 3.05) is 32.7 Å². The molecule has 2 aliphatic heterocycles. The van der Waals surface area contributed by atoms with Gasteiger partial charge in [-0.25, -0.2) is 8.42 Å². The second kappa shape index (κ2) is 6.98. The molecule has 1 aromatic heterocycles. The van der Waals surface area contributed by atoms with Crippen LogP contribution in [0.25, 0.3) is 0 Å². The summed E-state index contributed by atoms with van der Waals surface area (Å²) >= 11 is 0. The van der Waals surface area contributed by atoms with E-state index in [1.165, 1.54) is 27.7 Å². The maximum Gasteiger partial charge on any atom is 0.244 e. The van der Waals surface area contributed by atoms with E-state index in [9.17, 15) is 22.8 Å². The van der Waals surface area contributed by atoms with Crippen molar-refractivity contribution in [3.05, 3.63) is 36.7 Å². The van der Waals surface area contributed by atoms with Crippen molar-refractivity contribution in [1.82, 2.24) is 19.1 Å². The molecule has 3 heterocycles. The molecule has 0 radical (unpaired) electrons. The molecular weight excluding hydrogens is 408 g/mol. The van der Waals surface area contributed by atoms with Gasteiger partial charge in [-0.2, -0.15) is 4.31 Å². The van der Waals surface area contributed by atoms with Gasteiger partial charge in [0.05, 0.1) is 11.8 Å². The molecule has 10 heteroatoms. The van der Waals surface area contributed by atoms with Crippen molar-refractivity contribution in [3.63, 3.8) is 0 Å². The number of hydrogen-bond donors (Lipinski definition) is 0. The molecule has 4 atom stereocenters. The summed E-state index contributed by atoms with van der Waals surface area (Å²) in [6.45, 7) is 0.482. The number of amides is 3. The predicted molar refractivity (Wildman–Crippen MR) is 104 cm³/mol. The van der Waals surface area contributed by atoms with Crippen molar-refractivity contribution in [2.24, 2.45) is 23.7 Å². The van der Waals surface area contributed by atoms with Crippen LogP contribution in [0.4, 0.5) is 0 Å². The Balaban J connectivity index is 1.21. The number of imide groups is 1. The van der Waals surface area contributed by atoms with Crippen molar-refractivity contribution in [2.45, 2.75) is 11.3 Å². The molecule has 2 aliphatic carbocycles. The monoisotopic (exact) mass is 430 g/mol. The second-order valence-electron chi connectivity index (χ2n) is 8.24. The van der Waals surface area contributed by atoms with Gasteiger partial charge >= 0.3 is 0 Å². The molecule has 3 fully saturated rings. The first-order chi connectivity index (χ1) is 14.4. The Morgan fingerprint density at radius 3 is 2.23 bits per heavy atom. The van der Waals surface area contributed by atoms with Crippen molar-refractivity contribution >= 4 is 27.7 Å². The first-order valence-corrected chi connectivity index (χ1v) is 11.5. The first-order valence-electron chi connectivity index (χ1n) is 10.1. The fraction of sp³-hybridized carbons (Fsp3) is 0.500. The number of allylic oxidation sites excluding steroid dienone is 2. The lowest BCUT2D eigenvalue weighted by Gasteiger charge is -2.34. The third kappa shape index (κ3) is 2.89. The van der Waals surface area contributed by atoms with Crippen LogP contribution < -0.4 is 0 Å². The number of hydrogen-bond acceptors (Lipinski definition) is 6. The van der Waals surface area contributed by atoms with Gasteiger partial charge in [0.1, 0.15) is 11.4 Å². The molecule has 2 bridgehead atoms. The summed E-state index contributed by atoms with van der Waals surface area (Å²) in [6.07, 6.45) is 7.69. The van der Waals surface area contributed by atoms with Gasteiger partial charge in [0.25, 0.3) is 0 Å². The Morgan fingerprint density at radius 1 is 1.03 bits per heavy atom. The van der Waals surface area contributed by atoms with E-state index >= 15 is 0 Å². The number of piperazine rings is 1. The molecule has 9 nitrogen and oxygen atoms in total. The van der Waals surface area contributed by atoms with Crippen LogP contribution in [0.2, 0.25) is 0 Å². The molecule has 0 aromatic carbocycles. The second-order valence-corrected chi connectivity index (χ2v) is 10.2. The summed E-state index contributed by atoms with van der Waals surface area (Å²) in [5.41, 5.74) is 0. The highest BCUT2D eigenvalue weighted by atomic mass is 32.2. The average molecular weight is 430 g/mol. The molecule has 1 aromatic rings. The van der Waals surface area contributed by atoms with Crippen LogP contribution >= 0.6 is 0 Å². The standard InChI is InChI=1S/C20H22N4O5S/c25-16(12-24-19(26)17-13-3-4-14(10-13)18(17)20(24)27)22-6-8-23(9-7-22)30(28,29)15-2-1-5-21-11-15/h1-5,11,13-14,17-18H,6-10,12H2. The SMILES string of the molecule is O=C(CN1C(=O)C2C3C=CC(C3)C2C1=O)N1CCN(S(=O)(=O)c2cccnc2)CC1. The molecule has 4 unspecified atom stereocenters. The van der Waals surface area contributed by atoms with Gasteiger partial charge in [0.2, 0.25) is 27.7 Å². The lowest BCUT2D eigenvalue weighted by molar-refractivity contribution is -0.147. The van der Waals surface area contributed by atoms with Crippen LogP contribution in [-0.4, -0.2) is 78.0 Å². The Labute approximate surface area is 174 Å². The van der Waals surface area contributed by atoms with Gasteiger partial charge in [0.15, 0.2) is 0 Å². The molecule has 0 spiro atoms. The van der Waals surface area contributed by atoms with E-state index in [4.69, 9.17) is 0 Å². The highest BCUT2D eigenvalue weighted by molar-refractivity contribution is 7.89. The quantitative estimate of drug-likeness (QED) is 0.480. The number of carbonyl (C=O) groups is 3. The highest BCUT2D eigenvalue weighted by Gasteiger charge is 2.59. The molecule has 158 valence electrons. The minimum atomic E-state index is -3.66. The number of sulfonamides is 1. The van der Waals surface area contributed by atoms with Gasteiger partial charge in [-0.05, 0) is 30.4 Å². The summed E-state index contributed by atoms with van der Waals surface area (Å²) in [5, 5.41) is 0. The first kappa shape index (κ1) is 19.4. The van der Waals surface area contributed by atoms with E-state index < -0.39 is 10.0 Å². The molecule has 30 heavy (non-hydrogen) atoms. The number of aromatic nitrogens is 1. The van der Waals surface area contributed by atoms with Gasteiger partial charge in [-0.1, -0.05) is 12.2 Å². The van der Waals surface area contributed by atoms with Crippen LogP contribution in [0.15, 0.2) is 41.6 Å². The number of nitrogens with zero attached hydrogens (tertiary/aromatic N) is 4. The van der Waals surface area contributed by atoms with Crippen molar-refractivity contribution < 1.29 is 22.8 Å². The van der Waals surface area contributed by atoms with Gasteiger partial charge < -0.3 is 4.90 Å². The summed E-state index contributed by atoms with van der Waals surface area (Å²) in [5.74, 6) is -1.23. The number of carbonyl (C=O) groups excluding carboxylic acids is 3. The normalized spacial score (nSPS) is 30.9. The number of fused-ring (bicyclic) bond motifs is 5. The smallest absolute Gasteiger partial charge is 0.244 e. The fourth-order valence-electron chi connectivity index (χ4n) is 5.18. The third-order valence-corrected chi connectivity index (χ3v) is 8.60. The van der Waals surface area contributed by atoms with Gasteiger partial charge in [-0.15, -0.1) is 0 Å². The molecule has 3 amide bonds. The Kier molecular flexibility index (Phi) is 4.51. The lowest BCUT2D eigenvalue weighted by Crippen LogP contribution is -2.53. The van der Waals surface area contributed by atoms with Crippen LogP contribution in [-0.2, 0) is 24.4 Å². The van der Waals surface area contributed by atoms with Gasteiger partial charge in [0, 0.05) is 38.6 Å². The predicted octanol–water partition coefficient (Wildman–Crippen LogP) is -0.278. The Hall–Kier alpha value is -2.59. The summed E-state index contributed by atoms with van der Waals surface area (Å²) in [6, 6.07) is 3.05. The highest BCUT2D eigenvalue weighted by Crippen LogP contribution is 2.52. The third-order valence-electron chi connectivity index (χ3n) is 6.72. The number of pyridine rings is 1. The van der Waals surface area contributed by atoms with E-state index in [1.807, 2.05) is 12.2 Å². The summed E-state index contributed by atoms with van der Waals surface area (Å²) in [7, 11) is -3.66. The van der Waals surface area contributed by atoms with E-state index in [1.54, 1.807) is 6.07 Å². The van der Waals surface area contributed by atoms with Crippen molar-refractivity contribution in [1.29, 1.82) is 0 Å². The zero-order valence-corrected chi connectivity index (χ0v) is 17.1. The van der Waals surface area contributed by atoms with Crippen LogP contribution in [0.5, 0.6) is 0 Å². The van der Waals surface area contributed by atoms with E-state index in [0.29, 0.717) is 0 Å². The van der Waals surface area contributed by atoms with Gasteiger partial charge in [-0.3, -0.25) is 24.3 Å². The zero-order chi connectivity index (χ0) is 21.0. The van der Waals surface area contributed by atoms with Crippen LogP contribution in [0.1, 0.15) is 6.42 Å². The minimum absolute atomic E-state index is 0.109. The minimum Gasteiger partial charge on any atom is -0.338 e. The van der Waals surface area contributed by atoms with Crippen LogP contribution in [0, 0.1) is 23.7 Å². The Morgan fingerprint density at radius 2 is 1.67 bits per heavy atom. The molecular formula is C20H22N4O5S. The summed E-state index contributed by atoms with van der Waals surface area (Å²) in [4.78, 5) is 44.9. The molecule has 1 saturated carbocycles. The number of likely N-dealkylation sites (tertiary alicyclic amines) is 1. The van der Waals surface area contributed by atoms with E-state index in [-0.39, 0.29) is 79.0 Å². The van der Waals surface area contributed by atoms with E-state index in [0.717, 1.165) is 11.3 Å². The maximum atomic E-state index is 12.8. The molecule has 0 N–H and O–H groups in total. The molecule has 4 aliphatic rings. The largest absolute Gasteiger partial charge is 0.338 e. The number of rotatable bonds is 4. The van der Waals surface area contributed by atoms with Crippen molar-refractivity contribution in [3.8, 4) is 0 Å². The molecule has 5 rings (SSSR count). The topological polar surface area (TPSA) is 108 Å². The molecule has 2 saturated heterocycles. The lowest BCUT2D eigenvalue weighted by atomic mass is 9.85. The average Bonchev–Trinajstić information content (AvgIpc) is 3.44. The Bertz CT molecular complexity index is 1000. The zero-order valence-electron chi connectivity index (χ0n) is 16.3. The fourth-order valence-corrected chi connectivity index (χ4v) is 6.57. The summed E-state index contributed by atoms with van der Waals surface area (Å²) < 4.78 is 26.7. The van der Waals surface area contributed by atoms with E-state index in [2.05, 4.69) is 4.98 Å².